The summed E-state index contributed by atoms with van der Waals surface area (Å²) in [6.07, 6.45) is 6.11. The van der Waals surface area contributed by atoms with Crippen LogP contribution in [-0.4, -0.2) is 45.0 Å². The van der Waals surface area contributed by atoms with Gasteiger partial charge in [0.25, 0.3) is 0 Å². The molecule has 0 atom stereocenters. The van der Waals surface area contributed by atoms with E-state index in [0.29, 0.717) is 25.6 Å². The second-order valence-electron chi connectivity index (χ2n) is 7.15. The number of fused-ring (bicyclic) bond motifs is 1. The van der Waals surface area contributed by atoms with Crippen LogP contribution in [0.5, 0.6) is 0 Å². The third-order valence-corrected chi connectivity index (χ3v) is 5.22. The lowest BCUT2D eigenvalue weighted by atomic mass is 10.2. The van der Waals surface area contributed by atoms with Crippen LogP contribution in [-0.2, 0) is 11.3 Å². The Bertz CT molecular complexity index is 947. The van der Waals surface area contributed by atoms with Crippen LogP contribution in [0.3, 0.4) is 0 Å². The van der Waals surface area contributed by atoms with Crippen LogP contribution >= 0.6 is 0 Å². The number of hydrogen-bond acceptors (Lipinski definition) is 4. The maximum atomic E-state index is 12.7. The largest absolute Gasteiger partial charge is 0.344 e. The Morgan fingerprint density at radius 3 is 2.73 bits per heavy atom. The van der Waals surface area contributed by atoms with Crippen molar-refractivity contribution in [2.45, 2.75) is 25.3 Å². The zero-order chi connectivity index (χ0) is 17.5. The van der Waals surface area contributed by atoms with E-state index in [1.165, 1.54) is 18.4 Å². The van der Waals surface area contributed by atoms with Crippen LogP contribution in [0.4, 0.5) is 5.82 Å². The molecule has 1 aliphatic heterocycles. The number of amides is 1. The second-order valence-corrected chi connectivity index (χ2v) is 7.15. The number of piperazine rings is 1. The Kier molecular flexibility index (Phi) is 3.62. The van der Waals surface area contributed by atoms with Gasteiger partial charge in [-0.05, 0) is 24.5 Å². The summed E-state index contributed by atoms with van der Waals surface area (Å²) >= 11 is 0. The smallest absolute Gasteiger partial charge is 0.242 e. The maximum Gasteiger partial charge on any atom is 0.242 e. The number of benzene rings is 1. The fraction of sp³-hybridized carbons (Fsp3) is 0.350. The van der Waals surface area contributed by atoms with Crippen molar-refractivity contribution in [2.24, 2.45) is 0 Å². The first-order valence-corrected chi connectivity index (χ1v) is 9.19. The standard InChI is InChI=1S/C20H21N5O/c26-19-14-24(11-10-23(19)13-15-4-2-1-3-5-15)20-18-12-17(16-6-7-16)22-25(18)9-8-21-20/h1-5,8-9,12,16H,6-7,10-11,13-14H2. The predicted molar refractivity (Wildman–Crippen MR) is 99.0 cm³/mol. The Morgan fingerprint density at radius 2 is 1.96 bits per heavy atom. The van der Waals surface area contributed by atoms with Crippen molar-refractivity contribution >= 4 is 17.2 Å². The van der Waals surface area contributed by atoms with Crippen LogP contribution < -0.4 is 4.90 Å². The van der Waals surface area contributed by atoms with Gasteiger partial charge in [0.05, 0.1) is 12.2 Å². The Hall–Kier alpha value is -2.89. The highest BCUT2D eigenvalue weighted by Gasteiger charge is 2.29. The average Bonchev–Trinajstić information content (AvgIpc) is 3.42. The molecule has 2 fully saturated rings. The van der Waals surface area contributed by atoms with E-state index in [9.17, 15) is 4.79 Å². The minimum atomic E-state index is 0.144. The summed E-state index contributed by atoms with van der Waals surface area (Å²) in [4.78, 5) is 21.2. The molecular weight excluding hydrogens is 326 g/mol. The highest BCUT2D eigenvalue weighted by Crippen LogP contribution is 2.40. The fourth-order valence-electron chi connectivity index (χ4n) is 3.61. The molecule has 0 unspecified atom stereocenters. The summed E-state index contributed by atoms with van der Waals surface area (Å²) in [6, 6.07) is 12.3. The first-order valence-electron chi connectivity index (χ1n) is 9.19. The molecule has 26 heavy (non-hydrogen) atoms. The SMILES string of the molecule is O=C1CN(c2nccn3nc(C4CC4)cc23)CCN1Cc1ccccc1. The molecular formula is C20H21N5O. The summed E-state index contributed by atoms with van der Waals surface area (Å²) in [5.41, 5.74) is 3.31. The van der Waals surface area contributed by atoms with Gasteiger partial charge < -0.3 is 9.80 Å². The molecule has 0 N–H and O–H groups in total. The number of nitrogens with zero attached hydrogens (tertiary/aromatic N) is 5. The lowest BCUT2D eigenvalue weighted by Crippen LogP contribution is -2.50. The molecule has 1 saturated carbocycles. The third kappa shape index (κ3) is 2.81. The fourth-order valence-corrected chi connectivity index (χ4v) is 3.61. The van der Waals surface area contributed by atoms with Crippen LogP contribution in [0.2, 0.25) is 0 Å². The summed E-state index contributed by atoms with van der Waals surface area (Å²) < 4.78 is 1.90. The van der Waals surface area contributed by atoms with Gasteiger partial charge in [0.15, 0.2) is 5.82 Å². The van der Waals surface area contributed by atoms with Gasteiger partial charge in [-0.1, -0.05) is 30.3 Å². The van der Waals surface area contributed by atoms with E-state index in [1.54, 1.807) is 6.20 Å². The molecule has 3 aromatic rings. The Labute approximate surface area is 152 Å². The van der Waals surface area contributed by atoms with Crippen molar-refractivity contribution in [1.82, 2.24) is 19.5 Å². The highest BCUT2D eigenvalue weighted by atomic mass is 16.2. The number of anilines is 1. The molecule has 0 spiro atoms. The number of rotatable bonds is 4. The van der Waals surface area contributed by atoms with Crippen molar-refractivity contribution < 1.29 is 4.79 Å². The van der Waals surface area contributed by atoms with Crippen LogP contribution in [0.25, 0.3) is 5.52 Å². The van der Waals surface area contributed by atoms with Gasteiger partial charge in [0.2, 0.25) is 5.91 Å². The minimum Gasteiger partial charge on any atom is -0.344 e. The molecule has 1 aromatic carbocycles. The number of aromatic nitrogens is 3. The lowest BCUT2D eigenvalue weighted by molar-refractivity contribution is -0.131. The topological polar surface area (TPSA) is 53.7 Å². The molecule has 2 aromatic heterocycles. The van der Waals surface area contributed by atoms with E-state index in [1.807, 2.05) is 33.8 Å². The molecule has 1 aliphatic carbocycles. The van der Waals surface area contributed by atoms with Crippen LogP contribution in [0.15, 0.2) is 48.8 Å². The van der Waals surface area contributed by atoms with Crippen molar-refractivity contribution in [3.05, 3.63) is 60.0 Å². The monoisotopic (exact) mass is 347 g/mol. The minimum absolute atomic E-state index is 0.144. The Balaban J connectivity index is 1.36. The number of carbonyl (C=O) groups excluding carboxylic acids is 1. The van der Waals surface area contributed by atoms with Crippen LogP contribution in [0, 0.1) is 0 Å². The van der Waals surface area contributed by atoms with Gasteiger partial charge in [-0.2, -0.15) is 5.10 Å². The van der Waals surface area contributed by atoms with Gasteiger partial charge in [-0.15, -0.1) is 0 Å². The molecule has 1 amide bonds. The molecule has 3 heterocycles. The molecule has 2 aliphatic rings. The molecule has 6 nitrogen and oxygen atoms in total. The van der Waals surface area contributed by atoms with Crippen molar-refractivity contribution in [2.75, 3.05) is 24.5 Å². The molecule has 1 saturated heterocycles. The molecule has 132 valence electrons. The van der Waals surface area contributed by atoms with Crippen LogP contribution in [0.1, 0.15) is 30.0 Å². The quantitative estimate of drug-likeness (QED) is 0.727. The van der Waals surface area contributed by atoms with Crippen molar-refractivity contribution in [3.63, 3.8) is 0 Å². The molecule has 5 rings (SSSR count). The van der Waals surface area contributed by atoms with Gasteiger partial charge in [0.1, 0.15) is 5.52 Å². The first kappa shape index (κ1) is 15.4. The Morgan fingerprint density at radius 1 is 1.12 bits per heavy atom. The normalized spacial score (nSPS) is 17.9. The summed E-state index contributed by atoms with van der Waals surface area (Å²) in [6.45, 7) is 2.53. The van der Waals surface area contributed by atoms with E-state index in [-0.39, 0.29) is 5.91 Å². The summed E-state index contributed by atoms with van der Waals surface area (Å²) in [7, 11) is 0. The maximum absolute atomic E-state index is 12.7. The highest BCUT2D eigenvalue weighted by molar-refractivity contribution is 5.84. The van der Waals surface area contributed by atoms with Gasteiger partial charge in [0, 0.05) is 37.9 Å². The van der Waals surface area contributed by atoms with E-state index >= 15 is 0 Å². The van der Waals surface area contributed by atoms with Crippen molar-refractivity contribution in [1.29, 1.82) is 0 Å². The second kappa shape index (κ2) is 6.12. The van der Waals surface area contributed by atoms with E-state index in [0.717, 1.165) is 23.6 Å². The molecule has 0 radical (unpaired) electrons. The van der Waals surface area contributed by atoms with E-state index < -0.39 is 0 Å². The van der Waals surface area contributed by atoms with Gasteiger partial charge >= 0.3 is 0 Å². The van der Waals surface area contributed by atoms with E-state index in [2.05, 4.69) is 33.2 Å². The zero-order valence-corrected chi connectivity index (χ0v) is 14.6. The lowest BCUT2D eigenvalue weighted by Gasteiger charge is -2.35. The van der Waals surface area contributed by atoms with Crippen molar-refractivity contribution in [3.8, 4) is 0 Å². The first-order chi connectivity index (χ1) is 12.8. The summed E-state index contributed by atoms with van der Waals surface area (Å²) in [5, 5.41) is 4.67. The predicted octanol–water partition coefficient (Wildman–Crippen LogP) is 2.46. The van der Waals surface area contributed by atoms with Gasteiger partial charge in [-0.3, -0.25) is 4.79 Å². The molecule has 0 bridgehead atoms. The summed E-state index contributed by atoms with van der Waals surface area (Å²) in [5.74, 6) is 1.61. The average molecular weight is 347 g/mol. The third-order valence-electron chi connectivity index (χ3n) is 5.22. The molecule has 6 heteroatoms. The van der Waals surface area contributed by atoms with Gasteiger partial charge in [-0.25, -0.2) is 9.50 Å². The zero-order valence-electron chi connectivity index (χ0n) is 14.6. The number of carbonyl (C=O) groups is 1. The number of hydrogen-bond donors (Lipinski definition) is 0. The van der Waals surface area contributed by atoms with E-state index in [4.69, 9.17) is 0 Å².